The van der Waals surface area contributed by atoms with Gasteiger partial charge in [-0.15, -0.1) is 13.2 Å². The first kappa shape index (κ1) is 23.6. The van der Waals surface area contributed by atoms with E-state index in [1.165, 1.54) is 6.20 Å². The molecule has 0 radical (unpaired) electrons. The van der Waals surface area contributed by atoms with E-state index >= 15 is 0 Å². The van der Waals surface area contributed by atoms with Crippen LogP contribution in [-0.2, 0) is 9.59 Å². The Hall–Kier alpha value is -4.80. The Morgan fingerprint density at radius 3 is 2.18 bits per heavy atom. The summed E-state index contributed by atoms with van der Waals surface area (Å²) in [5, 5.41) is 11.0. The van der Waals surface area contributed by atoms with E-state index in [-0.39, 0.29) is 28.3 Å². The number of aliphatic imine (C=N–C) groups is 1. The molecule has 11 heteroatoms. The number of Topliss-reactive ketones (excluding diaryl/α,β-unsaturated/α-hetero) is 1. The molecule has 1 fully saturated rings. The van der Waals surface area contributed by atoms with Crippen LogP contribution in [0.5, 0.6) is 5.75 Å². The number of hydrogen-bond donors (Lipinski definition) is 1. The van der Waals surface area contributed by atoms with Gasteiger partial charge in [0.25, 0.3) is 0 Å². The number of imide groups is 1. The summed E-state index contributed by atoms with van der Waals surface area (Å²) >= 11 is 0. The van der Waals surface area contributed by atoms with Gasteiger partial charge < -0.3 is 9.84 Å². The third kappa shape index (κ3) is 3.58. The van der Waals surface area contributed by atoms with Crippen molar-refractivity contribution in [3.8, 4) is 5.75 Å². The van der Waals surface area contributed by atoms with Gasteiger partial charge in [0.05, 0.1) is 34.5 Å². The van der Waals surface area contributed by atoms with Gasteiger partial charge in [-0.05, 0) is 36.4 Å². The molecule has 3 heterocycles. The van der Waals surface area contributed by atoms with Crippen molar-refractivity contribution >= 4 is 34.8 Å². The van der Waals surface area contributed by atoms with Gasteiger partial charge in [0.2, 0.25) is 11.8 Å². The second-order valence-corrected chi connectivity index (χ2v) is 8.87. The van der Waals surface area contributed by atoms with Crippen LogP contribution in [0.2, 0.25) is 0 Å². The highest BCUT2D eigenvalue weighted by molar-refractivity contribution is 6.42. The molecule has 6 rings (SSSR count). The summed E-state index contributed by atoms with van der Waals surface area (Å²) in [6.07, 6.45) is -3.40. The van der Waals surface area contributed by atoms with Gasteiger partial charge >= 0.3 is 6.36 Å². The number of benzene rings is 2. The van der Waals surface area contributed by atoms with Gasteiger partial charge in [0, 0.05) is 17.3 Å². The van der Waals surface area contributed by atoms with Crippen molar-refractivity contribution in [1.82, 2.24) is 4.98 Å². The van der Waals surface area contributed by atoms with Crippen molar-refractivity contribution in [2.75, 3.05) is 4.90 Å². The van der Waals surface area contributed by atoms with Crippen molar-refractivity contribution in [1.29, 1.82) is 0 Å². The molecule has 3 aromatic rings. The second kappa shape index (κ2) is 8.37. The predicted molar refractivity (Wildman–Crippen MR) is 127 cm³/mol. The van der Waals surface area contributed by atoms with Crippen LogP contribution in [0.3, 0.4) is 0 Å². The maximum absolute atomic E-state index is 13.7. The fourth-order valence-corrected chi connectivity index (χ4v) is 5.18. The quantitative estimate of drug-likeness (QED) is 0.511. The number of aliphatic hydroxyl groups is 1. The summed E-state index contributed by atoms with van der Waals surface area (Å²) in [5.41, 5.74) is 0.773. The van der Waals surface area contributed by atoms with E-state index in [1.54, 1.807) is 42.5 Å². The Bertz CT molecular complexity index is 1560. The number of aromatic nitrogens is 1. The van der Waals surface area contributed by atoms with Crippen LogP contribution in [0.15, 0.2) is 83.5 Å². The SMILES string of the molecule is O=C1C(C2=N[C@@H](c3ccccn3)[C@@H]3C(=O)N(c4ccc(OC(F)(F)F)cc4)C(=O)[C@@H]23)=C(O)c2ccccc21. The minimum absolute atomic E-state index is 0.0257. The smallest absolute Gasteiger partial charge is 0.506 e. The highest BCUT2D eigenvalue weighted by atomic mass is 19.4. The van der Waals surface area contributed by atoms with E-state index < -0.39 is 47.6 Å². The van der Waals surface area contributed by atoms with Crippen LogP contribution >= 0.6 is 0 Å². The lowest BCUT2D eigenvalue weighted by Crippen LogP contribution is -2.33. The Kier molecular flexibility index (Phi) is 5.20. The van der Waals surface area contributed by atoms with Crippen molar-refractivity contribution in [3.63, 3.8) is 0 Å². The lowest BCUT2D eigenvalue weighted by molar-refractivity contribution is -0.274. The average Bonchev–Trinajstić information content (AvgIpc) is 3.49. The molecular weight excluding hydrogens is 503 g/mol. The number of pyridine rings is 1. The van der Waals surface area contributed by atoms with Crippen LogP contribution in [0.4, 0.5) is 18.9 Å². The van der Waals surface area contributed by atoms with Crippen molar-refractivity contribution in [2.45, 2.75) is 12.4 Å². The number of nitrogens with zero attached hydrogens (tertiary/aromatic N) is 3. The number of ketones is 1. The summed E-state index contributed by atoms with van der Waals surface area (Å²) in [7, 11) is 0. The fraction of sp³-hybridized carbons (Fsp3) is 0.148. The zero-order chi connectivity index (χ0) is 26.8. The zero-order valence-corrected chi connectivity index (χ0v) is 19.2. The third-order valence-electron chi connectivity index (χ3n) is 6.73. The van der Waals surface area contributed by atoms with Crippen molar-refractivity contribution < 1.29 is 37.4 Å². The summed E-state index contributed by atoms with van der Waals surface area (Å²) in [4.78, 5) is 50.4. The molecule has 2 aromatic carbocycles. The van der Waals surface area contributed by atoms with Gasteiger partial charge in [-0.25, -0.2) is 4.90 Å². The molecule has 2 aliphatic heterocycles. The Balaban J connectivity index is 1.43. The minimum atomic E-state index is -4.90. The van der Waals surface area contributed by atoms with Crippen LogP contribution in [-0.4, -0.2) is 39.8 Å². The van der Waals surface area contributed by atoms with Crippen molar-refractivity contribution in [3.05, 3.63) is 95.3 Å². The molecule has 0 spiro atoms. The van der Waals surface area contributed by atoms with Gasteiger partial charge in [0.1, 0.15) is 17.6 Å². The van der Waals surface area contributed by atoms with Crippen LogP contribution in [0.25, 0.3) is 5.76 Å². The number of alkyl halides is 3. The van der Waals surface area contributed by atoms with Gasteiger partial charge in [-0.2, -0.15) is 0 Å². The summed E-state index contributed by atoms with van der Waals surface area (Å²) in [5.74, 6) is -5.03. The Morgan fingerprint density at radius 1 is 0.868 bits per heavy atom. The highest BCUT2D eigenvalue weighted by Gasteiger charge is 2.59. The molecule has 38 heavy (non-hydrogen) atoms. The van der Waals surface area contributed by atoms with Gasteiger partial charge in [-0.1, -0.05) is 30.3 Å². The van der Waals surface area contributed by atoms with E-state index in [2.05, 4.69) is 14.7 Å². The molecule has 1 N–H and O–H groups in total. The van der Waals surface area contributed by atoms with E-state index in [9.17, 15) is 32.7 Å². The first-order chi connectivity index (χ1) is 18.2. The summed E-state index contributed by atoms with van der Waals surface area (Å²) in [6, 6.07) is 14.8. The number of carbonyl (C=O) groups is 3. The Morgan fingerprint density at radius 2 is 1.55 bits per heavy atom. The molecule has 2 amide bonds. The number of rotatable bonds is 4. The predicted octanol–water partition coefficient (Wildman–Crippen LogP) is 4.45. The monoisotopic (exact) mass is 519 g/mol. The molecule has 3 aliphatic rings. The first-order valence-electron chi connectivity index (χ1n) is 11.5. The standard InChI is InChI=1S/C27H16F3N3O5/c28-27(29,30)38-14-10-8-13(9-11-14)33-25(36)18-19(26(33)37)22(32-21(18)17-7-3-4-12-31-17)20-23(34)15-5-1-2-6-16(15)24(20)35/h1-12,18-19,21,34H/t18-,19-,21+/m1/s1. The lowest BCUT2D eigenvalue weighted by atomic mass is 9.84. The van der Waals surface area contributed by atoms with Crippen LogP contribution < -0.4 is 9.64 Å². The number of aliphatic hydroxyl groups excluding tert-OH is 1. The normalized spacial score (nSPS) is 22.6. The fourth-order valence-electron chi connectivity index (χ4n) is 5.18. The van der Waals surface area contributed by atoms with Crippen molar-refractivity contribution in [2.24, 2.45) is 16.8 Å². The molecule has 0 bridgehead atoms. The van der Waals surface area contributed by atoms with E-state index in [4.69, 9.17) is 0 Å². The van der Waals surface area contributed by atoms with E-state index in [1.807, 2.05) is 0 Å². The number of anilines is 1. The second-order valence-electron chi connectivity index (χ2n) is 8.87. The topological polar surface area (TPSA) is 109 Å². The molecule has 1 aliphatic carbocycles. The molecule has 1 saturated heterocycles. The molecule has 8 nitrogen and oxygen atoms in total. The van der Waals surface area contributed by atoms with E-state index in [0.717, 1.165) is 29.2 Å². The number of amides is 2. The highest BCUT2D eigenvalue weighted by Crippen LogP contribution is 2.49. The Labute approximate surface area is 212 Å². The summed E-state index contributed by atoms with van der Waals surface area (Å²) in [6.45, 7) is 0. The number of hydrogen-bond acceptors (Lipinski definition) is 7. The maximum atomic E-state index is 13.7. The van der Waals surface area contributed by atoms with Crippen LogP contribution in [0, 0.1) is 11.8 Å². The summed E-state index contributed by atoms with van der Waals surface area (Å²) < 4.78 is 41.6. The average molecular weight is 519 g/mol. The minimum Gasteiger partial charge on any atom is -0.506 e. The maximum Gasteiger partial charge on any atom is 0.573 e. The number of halogens is 3. The largest absolute Gasteiger partial charge is 0.573 e. The lowest BCUT2D eigenvalue weighted by Gasteiger charge is -2.18. The van der Waals surface area contributed by atoms with E-state index in [0.29, 0.717) is 11.3 Å². The molecule has 0 saturated carbocycles. The molecule has 190 valence electrons. The first-order valence-corrected chi connectivity index (χ1v) is 11.5. The van der Waals surface area contributed by atoms with Gasteiger partial charge in [-0.3, -0.25) is 24.4 Å². The van der Waals surface area contributed by atoms with Gasteiger partial charge in [0.15, 0.2) is 5.78 Å². The molecule has 3 atom stereocenters. The zero-order valence-electron chi connectivity index (χ0n) is 19.2. The molecule has 1 aromatic heterocycles. The number of carbonyl (C=O) groups excluding carboxylic acids is 3. The number of ether oxygens (including phenoxy) is 1. The molecular formula is C27H16F3N3O5. The number of fused-ring (bicyclic) bond motifs is 2. The number of allylic oxidation sites excluding steroid dienone is 1. The van der Waals surface area contributed by atoms with Crippen LogP contribution in [0.1, 0.15) is 27.7 Å². The third-order valence-corrected chi connectivity index (χ3v) is 6.73. The molecule has 0 unspecified atom stereocenters.